The van der Waals surface area contributed by atoms with Gasteiger partial charge < -0.3 is 9.84 Å². The largest absolute Gasteiger partial charge is 0.481 e. The predicted molar refractivity (Wildman–Crippen MR) is 124 cm³/mol. The summed E-state index contributed by atoms with van der Waals surface area (Å²) in [6, 6.07) is 17.5. The second kappa shape index (κ2) is 10.6. The Labute approximate surface area is 204 Å². The number of aryl methyl sites for hydroxylation is 2. The molecule has 0 bridgehead atoms. The molecule has 0 spiro atoms. The summed E-state index contributed by atoms with van der Waals surface area (Å²) in [5.74, 6) is -0.985. The van der Waals surface area contributed by atoms with Crippen LogP contribution in [0, 0.1) is 5.82 Å². The lowest BCUT2D eigenvalue weighted by atomic mass is 9.97. The quantitative estimate of drug-likeness (QED) is 0.272. The molecule has 186 valence electrons. The van der Waals surface area contributed by atoms with E-state index in [0.717, 1.165) is 12.1 Å². The molecule has 0 amide bonds. The summed E-state index contributed by atoms with van der Waals surface area (Å²) in [7, 11) is 0. The van der Waals surface area contributed by atoms with Crippen molar-refractivity contribution in [3.8, 4) is 5.75 Å². The van der Waals surface area contributed by atoms with Gasteiger partial charge in [-0.15, -0.1) is 0 Å². The van der Waals surface area contributed by atoms with Gasteiger partial charge in [0.2, 0.25) is 0 Å². The molecule has 2 N–H and O–H groups in total. The van der Waals surface area contributed by atoms with Crippen molar-refractivity contribution in [1.29, 1.82) is 0 Å². The van der Waals surface area contributed by atoms with Gasteiger partial charge in [0.1, 0.15) is 11.6 Å². The van der Waals surface area contributed by atoms with Crippen LogP contribution in [0.1, 0.15) is 39.6 Å². The van der Waals surface area contributed by atoms with E-state index in [4.69, 9.17) is 9.84 Å². The summed E-state index contributed by atoms with van der Waals surface area (Å²) in [6.07, 6.45) is -3.25. The topological polar surface area (TPSA) is 75.2 Å². The van der Waals surface area contributed by atoms with Crippen molar-refractivity contribution in [3.63, 3.8) is 0 Å². The second-order valence-electron chi connectivity index (χ2n) is 8.23. The molecule has 4 rings (SSSR count). The number of aliphatic carboxylic acids is 1. The minimum Gasteiger partial charge on any atom is -0.481 e. The van der Waals surface area contributed by atoms with Crippen molar-refractivity contribution in [2.45, 2.75) is 31.5 Å². The van der Waals surface area contributed by atoms with Gasteiger partial charge in [-0.2, -0.15) is 18.3 Å². The molecule has 0 aliphatic rings. The Hall–Kier alpha value is -4.14. The smallest absolute Gasteiger partial charge is 0.416 e. The Morgan fingerprint density at radius 2 is 1.75 bits per heavy atom. The molecule has 0 radical (unpaired) electrons. The van der Waals surface area contributed by atoms with Gasteiger partial charge in [-0.25, -0.2) is 4.39 Å². The molecule has 0 aliphatic heterocycles. The fourth-order valence-electron chi connectivity index (χ4n) is 3.91. The monoisotopic (exact) mass is 498 g/mol. The Morgan fingerprint density at radius 1 is 1.00 bits per heavy atom. The molecule has 9 heteroatoms. The summed E-state index contributed by atoms with van der Waals surface area (Å²) in [6.45, 7) is 0. The Morgan fingerprint density at radius 3 is 2.44 bits per heavy atom. The van der Waals surface area contributed by atoms with Crippen molar-refractivity contribution < 1.29 is 32.2 Å². The van der Waals surface area contributed by atoms with Crippen LogP contribution in [0.4, 0.5) is 17.6 Å². The Kier molecular flexibility index (Phi) is 7.38. The maximum atomic E-state index is 14.1. The summed E-state index contributed by atoms with van der Waals surface area (Å²) in [5.41, 5.74) is 1.91. The first-order valence-electron chi connectivity index (χ1n) is 11.1. The van der Waals surface area contributed by atoms with Gasteiger partial charge >= 0.3 is 12.1 Å². The highest BCUT2D eigenvalue weighted by Crippen LogP contribution is 2.34. The normalized spacial score (nSPS) is 12.3. The van der Waals surface area contributed by atoms with Crippen LogP contribution in [0.3, 0.4) is 0 Å². The van der Waals surface area contributed by atoms with E-state index in [2.05, 4.69) is 10.2 Å². The predicted octanol–water partition coefficient (Wildman–Crippen LogP) is 6.15. The average molecular weight is 498 g/mol. The van der Waals surface area contributed by atoms with Gasteiger partial charge in [0.15, 0.2) is 6.10 Å². The molecule has 0 saturated carbocycles. The van der Waals surface area contributed by atoms with E-state index in [9.17, 15) is 22.4 Å². The van der Waals surface area contributed by atoms with Crippen molar-refractivity contribution in [3.05, 3.63) is 118 Å². The maximum absolute atomic E-state index is 14.1. The lowest BCUT2D eigenvalue weighted by molar-refractivity contribution is -0.138. The third-order valence-electron chi connectivity index (χ3n) is 5.68. The SMILES string of the molecule is O=C(O)Cc1cccc(OC(c2ccc(C(F)(F)F)cc2)c2cn[nH]c2CCc2ccccc2F)c1. The van der Waals surface area contributed by atoms with E-state index in [0.29, 0.717) is 46.5 Å². The molecule has 0 saturated heterocycles. The molecule has 1 unspecified atom stereocenters. The van der Waals surface area contributed by atoms with Crippen LogP contribution in [0.25, 0.3) is 0 Å². The minimum absolute atomic E-state index is 0.207. The highest BCUT2D eigenvalue weighted by atomic mass is 19.4. The summed E-state index contributed by atoms with van der Waals surface area (Å²) >= 11 is 0. The number of halogens is 4. The van der Waals surface area contributed by atoms with Crippen molar-refractivity contribution in [1.82, 2.24) is 10.2 Å². The molecule has 4 aromatic rings. The third kappa shape index (κ3) is 6.10. The summed E-state index contributed by atoms with van der Waals surface area (Å²) < 4.78 is 59.7. The number of hydrogen-bond donors (Lipinski definition) is 2. The molecule has 0 fully saturated rings. The zero-order valence-electron chi connectivity index (χ0n) is 18.9. The molecular weight excluding hydrogens is 476 g/mol. The number of ether oxygens (including phenoxy) is 1. The number of nitrogens with zero attached hydrogens (tertiary/aromatic N) is 1. The van der Waals surface area contributed by atoms with Gasteiger partial charge in [0, 0.05) is 11.3 Å². The number of H-pyrrole nitrogens is 1. The second-order valence-corrected chi connectivity index (χ2v) is 8.23. The number of hydrogen-bond acceptors (Lipinski definition) is 3. The highest BCUT2D eigenvalue weighted by molar-refractivity contribution is 5.70. The number of aromatic amines is 1. The van der Waals surface area contributed by atoms with Crippen LogP contribution in [0.2, 0.25) is 0 Å². The van der Waals surface area contributed by atoms with E-state index in [1.807, 2.05) is 0 Å². The fraction of sp³-hybridized carbons (Fsp3) is 0.185. The van der Waals surface area contributed by atoms with Crippen molar-refractivity contribution in [2.75, 3.05) is 0 Å². The number of nitrogens with one attached hydrogen (secondary N) is 1. The van der Waals surface area contributed by atoms with Gasteiger partial charge in [0.25, 0.3) is 0 Å². The van der Waals surface area contributed by atoms with Gasteiger partial charge in [-0.05, 0) is 59.9 Å². The molecule has 5 nitrogen and oxygen atoms in total. The maximum Gasteiger partial charge on any atom is 0.416 e. The zero-order valence-corrected chi connectivity index (χ0v) is 18.9. The lowest BCUT2D eigenvalue weighted by Crippen LogP contribution is -2.13. The molecule has 1 aromatic heterocycles. The fourth-order valence-corrected chi connectivity index (χ4v) is 3.91. The van der Waals surface area contributed by atoms with E-state index in [1.165, 1.54) is 24.4 Å². The van der Waals surface area contributed by atoms with Gasteiger partial charge in [0.05, 0.1) is 18.2 Å². The van der Waals surface area contributed by atoms with Crippen LogP contribution < -0.4 is 4.74 Å². The van der Waals surface area contributed by atoms with Crippen LogP contribution in [0.15, 0.2) is 79.0 Å². The zero-order chi connectivity index (χ0) is 25.7. The van der Waals surface area contributed by atoms with Gasteiger partial charge in [-0.3, -0.25) is 9.89 Å². The minimum atomic E-state index is -4.49. The van der Waals surface area contributed by atoms with Crippen molar-refractivity contribution >= 4 is 5.97 Å². The molecule has 1 atom stereocenters. The van der Waals surface area contributed by atoms with Crippen LogP contribution in [0.5, 0.6) is 5.75 Å². The molecular formula is C27H22F4N2O3. The number of carboxylic acid groups (broad SMARTS) is 1. The first kappa shape index (κ1) is 25.0. The summed E-state index contributed by atoms with van der Waals surface area (Å²) in [5, 5.41) is 16.1. The van der Waals surface area contributed by atoms with E-state index < -0.39 is 23.8 Å². The number of carboxylic acids is 1. The summed E-state index contributed by atoms with van der Waals surface area (Å²) in [4.78, 5) is 11.1. The van der Waals surface area contributed by atoms with Gasteiger partial charge in [-0.1, -0.05) is 42.5 Å². The number of aromatic nitrogens is 2. The Bertz CT molecular complexity index is 1330. The molecule has 3 aromatic carbocycles. The van der Waals surface area contributed by atoms with Crippen LogP contribution in [-0.2, 0) is 30.2 Å². The lowest BCUT2D eigenvalue weighted by Gasteiger charge is -2.21. The molecule has 0 aliphatic carbocycles. The standard InChI is InChI=1S/C27H22F4N2O3/c28-23-7-2-1-5-18(23)10-13-24-22(16-32-33-24)26(19-8-11-20(12-9-19)27(29,30)31)36-21-6-3-4-17(14-21)15-25(34)35/h1-9,11-12,14,16,26H,10,13,15H2,(H,32,33)(H,34,35). The van der Waals surface area contributed by atoms with E-state index >= 15 is 0 Å². The first-order chi connectivity index (χ1) is 17.2. The number of alkyl halides is 3. The average Bonchev–Trinajstić information content (AvgIpc) is 3.30. The number of benzene rings is 3. The first-order valence-corrected chi connectivity index (χ1v) is 11.1. The van der Waals surface area contributed by atoms with E-state index in [1.54, 1.807) is 42.5 Å². The van der Waals surface area contributed by atoms with Crippen LogP contribution >= 0.6 is 0 Å². The highest BCUT2D eigenvalue weighted by Gasteiger charge is 2.31. The Balaban J connectivity index is 1.67. The molecule has 36 heavy (non-hydrogen) atoms. The van der Waals surface area contributed by atoms with Crippen molar-refractivity contribution in [2.24, 2.45) is 0 Å². The third-order valence-corrected chi connectivity index (χ3v) is 5.68. The van der Waals surface area contributed by atoms with Crippen LogP contribution in [-0.4, -0.2) is 21.3 Å². The molecule has 1 heterocycles. The van der Waals surface area contributed by atoms with E-state index in [-0.39, 0.29) is 12.2 Å². The number of rotatable bonds is 9. The number of carbonyl (C=O) groups is 1.